The van der Waals surface area contributed by atoms with Crippen LogP contribution in [0.1, 0.15) is 24.5 Å². The monoisotopic (exact) mass is 334 g/mol. The van der Waals surface area contributed by atoms with E-state index in [1.807, 2.05) is 32.0 Å². The molecule has 0 atom stereocenters. The van der Waals surface area contributed by atoms with Gasteiger partial charge >= 0.3 is 0 Å². The second kappa shape index (κ2) is 7.14. The highest BCUT2D eigenvalue weighted by atomic mass is 79.9. The van der Waals surface area contributed by atoms with Crippen LogP contribution in [0.4, 0.5) is 0 Å². The lowest BCUT2D eigenvalue weighted by atomic mass is 10.1. The largest absolute Gasteiger partial charge is 0.492 e. The second-order valence-corrected chi connectivity index (χ2v) is 7.11. The zero-order valence-electron chi connectivity index (χ0n) is 10.8. The zero-order chi connectivity index (χ0) is 13.6. The number of aryl methyl sites for hydroxylation is 1. The quantitative estimate of drug-likeness (QED) is 0.719. The van der Waals surface area contributed by atoms with Gasteiger partial charge in [0.15, 0.2) is 9.84 Å². The maximum atomic E-state index is 11.5. The van der Waals surface area contributed by atoms with Gasteiger partial charge in [0.2, 0.25) is 0 Å². The molecule has 102 valence electrons. The van der Waals surface area contributed by atoms with Crippen LogP contribution in [0.2, 0.25) is 0 Å². The SMILES string of the molecule is CCCS(=O)(=O)CCOc1ccc(C)cc1CBr. The van der Waals surface area contributed by atoms with Gasteiger partial charge in [0.25, 0.3) is 0 Å². The molecule has 1 aromatic rings. The average Bonchev–Trinajstić information content (AvgIpc) is 2.30. The second-order valence-electron chi connectivity index (χ2n) is 4.25. The van der Waals surface area contributed by atoms with E-state index in [0.29, 0.717) is 11.8 Å². The number of halogens is 1. The fourth-order valence-corrected chi connectivity index (χ4v) is 3.25. The van der Waals surface area contributed by atoms with Gasteiger partial charge in [-0.25, -0.2) is 8.42 Å². The summed E-state index contributed by atoms with van der Waals surface area (Å²) in [7, 11) is -2.97. The molecule has 1 rings (SSSR count). The summed E-state index contributed by atoms with van der Waals surface area (Å²) in [6.07, 6.45) is 0.652. The molecule has 1 aromatic carbocycles. The standard InChI is InChI=1S/C13H19BrO3S/c1-3-7-18(15,16)8-6-17-13-5-4-11(2)9-12(13)10-14/h4-5,9H,3,6-8,10H2,1-2H3. The lowest BCUT2D eigenvalue weighted by Crippen LogP contribution is -2.17. The normalized spacial score (nSPS) is 11.5. The molecule has 0 bridgehead atoms. The van der Waals surface area contributed by atoms with Crippen LogP contribution < -0.4 is 4.74 Å². The Balaban J connectivity index is 2.59. The van der Waals surface area contributed by atoms with Gasteiger partial charge in [-0.3, -0.25) is 0 Å². The molecule has 0 aliphatic heterocycles. The van der Waals surface area contributed by atoms with Crippen LogP contribution in [-0.2, 0) is 15.2 Å². The van der Waals surface area contributed by atoms with Crippen molar-refractivity contribution in [1.82, 2.24) is 0 Å². The van der Waals surface area contributed by atoms with Crippen molar-refractivity contribution in [2.75, 3.05) is 18.1 Å². The highest BCUT2D eigenvalue weighted by molar-refractivity contribution is 9.08. The molecule has 0 N–H and O–H groups in total. The van der Waals surface area contributed by atoms with Gasteiger partial charge in [-0.05, 0) is 19.4 Å². The number of benzene rings is 1. The van der Waals surface area contributed by atoms with Crippen molar-refractivity contribution in [3.8, 4) is 5.75 Å². The van der Waals surface area contributed by atoms with Crippen LogP contribution in [-0.4, -0.2) is 26.5 Å². The summed E-state index contributed by atoms with van der Waals surface area (Å²) in [6.45, 7) is 4.09. The van der Waals surface area contributed by atoms with Crippen molar-refractivity contribution in [1.29, 1.82) is 0 Å². The van der Waals surface area contributed by atoms with Crippen molar-refractivity contribution in [2.24, 2.45) is 0 Å². The highest BCUT2D eigenvalue weighted by Gasteiger charge is 2.10. The van der Waals surface area contributed by atoms with Crippen LogP contribution in [0.25, 0.3) is 0 Å². The maximum Gasteiger partial charge on any atom is 0.153 e. The molecule has 0 spiro atoms. The first-order chi connectivity index (χ1) is 8.48. The third-order valence-corrected chi connectivity index (χ3v) is 4.95. The number of alkyl halides is 1. The fourth-order valence-electron chi connectivity index (χ4n) is 1.65. The molecular weight excluding hydrogens is 316 g/mol. The first kappa shape index (κ1) is 15.5. The van der Waals surface area contributed by atoms with Crippen molar-refractivity contribution < 1.29 is 13.2 Å². The summed E-state index contributed by atoms with van der Waals surface area (Å²) in [5, 5.41) is 0.700. The number of rotatable bonds is 7. The highest BCUT2D eigenvalue weighted by Crippen LogP contribution is 2.22. The Morgan fingerprint density at radius 2 is 2.00 bits per heavy atom. The fraction of sp³-hybridized carbons (Fsp3) is 0.538. The third-order valence-electron chi connectivity index (χ3n) is 2.53. The molecule has 0 saturated heterocycles. The predicted molar refractivity (Wildman–Crippen MR) is 78.2 cm³/mol. The van der Waals surface area contributed by atoms with Crippen LogP contribution in [0, 0.1) is 6.92 Å². The van der Waals surface area contributed by atoms with Gasteiger partial charge in [-0.1, -0.05) is 40.5 Å². The van der Waals surface area contributed by atoms with E-state index >= 15 is 0 Å². The van der Waals surface area contributed by atoms with Crippen LogP contribution in [0.3, 0.4) is 0 Å². The summed E-state index contributed by atoms with van der Waals surface area (Å²) in [5.41, 5.74) is 2.21. The number of hydrogen-bond acceptors (Lipinski definition) is 3. The van der Waals surface area contributed by atoms with E-state index in [2.05, 4.69) is 15.9 Å². The van der Waals surface area contributed by atoms with E-state index in [1.165, 1.54) is 0 Å². The van der Waals surface area contributed by atoms with E-state index in [4.69, 9.17) is 4.74 Å². The molecule has 0 fully saturated rings. The Kier molecular flexibility index (Phi) is 6.15. The van der Waals surface area contributed by atoms with Crippen LogP contribution in [0.15, 0.2) is 18.2 Å². The summed E-state index contributed by atoms with van der Waals surface area (Å²) in [4.78, 5) is 0. The molecule has 0 saturated carbocycles. The van der Waals surface area contributed by atoms with Crippen molar-refractivity contribution in [3.63, 3.8) is 0 Å². The Bertz CT molecular complexity index is 483. The Hall–Kier alpha value is -0.550. The van der Waals surface area contributed by atoms with Gasteiger partial charge in [-0.15, -0.1) is 0 Å². The minimum atomic E-state index is -2.97. The molecule has 0 aliphatic carbocycles. The first-order valence-electron chi connectivity index (χ1n) is 5.97. The molecular formula is C13H19BrO3S. The first-order valence-corrected chi connectivity index (χ1v) is 8.91. The smallest absolute Gasteiger partial charge is 0.153 e. The molecule has 0 unspecified atom stereocenters. The Morgan fingerprint density at radius 3 is 2.61 bits per heavy atom. The minimum Gasteiger partial charge on any atom is -0.492 e. The van der Waals surface area contributed by atoms with Crippen molar-refractivity contribution in [3.05, 3.63) is 29.3 Å². The van der Waals surface area contributed by atoms with Gasteiger partial charge in [0.1, 0.15) is 12.4 Å². The molecule has 0 aromatic heterocycles. The summed E-state index contributed by atoms with van der Waals surface area (Å²) in [6, 6.07) is 5.88. The van der Waals surface area contributed by atoms with E-state index in [9.17, 15) is 8.42 Å². The molecule has 3 nitrogen and oxygen atoms in total. The third kappa shape index (κ3) is 4.98. The van der Waals surface area contributed by atoms with Gasteiger partial charge in [0.05, 0.1) is 11.5 Å². The lowest BCUT2D eigenvalue weighted by molar-refractivity contribution is 0.338. The van der Waals surface area contributed by atoms with Crippen molar-refractivity contribution >= 4 is 25.8 Å². The Labute approximate surface area is 118 Å². The van der Waals surface area contributed by atoms with E-state index in [1.54, 1.807) is 0 Å². The van der Waals surface area contributed by atoms with Crippen molar-refractivity contribution in [2.45, 2.75) is 25.6 Å². The predicted octanol–water partition coefficient (Wildman–Crippen LogP) is 3.09. The number of hydrogen-bond donors (Lipinski definition) is 0. The van der Waals surface area contributed by atoms with Crippen LogP contribution >= 0.6 is 15.9 Å². The molecule has 0 heterocycles. The number of ether oxygens (including phenoxy) is 1. The summed E-state index contributed by atoms with van der Waals surface area (Å²) >= 11 is 3.40. The Morgan fingerprint density at radius 1 is 1.28 bits per heavy atom. The molecule has 5 heteroatoms. The minimum absolute atomic E-state index is 0.0798. The summed E-state index contributed by atoms with van der Waals surface area (Å²) in [5.74, 6) is 1.07. The molecule has 0 amide bonds. The summed E-state index contributed by atoms with van der Waals surface area (Å²) < 4.78 is 28.6. The van der Waals surface area contributed by atoms with E-state index in [0.717, 1.165) is 16.9 Å². The van der Waals surface area contributed by atoms with Gasteiger partial charge in [-0.2, -0.15) is 0 Å². The molecule has 18 heavy (non-hydrogen) atoms. The maximum absolute atomic E-state index is 11.5. The molecule has 0 aliphatic rings. The van der Waals surface area contributed by atoms with Crippen LogP contribution in [0.5, 0.6) is 5.75 Å². The van der Waals surface area contributed by atoms with Gasteiger partial charge in [0, 0.05) is 10.9 Å². The number of sulfone groups is 1. The topological polar surface area (TPSA) is 43.4 Å². The lowest BCUT2D eigenvalue weighted by Gasteiger charge is -2.11. The van der Waals surface area contributed by atoms with E-state index in [-0.39, 0.29) is 18.1 Å². The molecule has 0 radical (unpaired) electrons. The zero-order valence-corrected chi connectivity index (χ0v) is 13.2. The van der Waals surface area contributed by atoms with E-state index < -0.39 is 9.84 Å². The average molecular weight is 335 g/mol. The van der Waals surface area contributed by atoms with Gasteiger partial charge < -0.3 is 4.74 Å².